The SMILES string of the molecule is CCC1CCC(C#N)(NC(=O)c2ccccn2)CC1. The number of carbonyl (C=O) groups is 1. The lowest BCUT2D eigenvalue weighted by atomic mass is 9.76. The van der Waals surface area contributed by atoms with Crippen molar-refractivity contribution >= 4 is 5.91 Å². The molecule has 100 valence electrons. The van der Waals surface area contributed by atoms with E-state index in [1.165, 1.54) is 0 Å². The van der Waals surface area contributed by atoms with E-state index < -0.39 is 5.54 Å². The van der Waals surface area contributed by atoms with E-state index in [0.29, 0.717) is 11.6 Å². The first kappa shape index (κ1) is 13.5. The molecule has 2 rings (SSSR count). The van der Waals surface area contributed by atoms with E-state index in [1.54, 1.807) is 24.4 Å². The lowest BCUT2D eigenvalue weighted by Crippen LogP contribution is -2.49. The summed E-state index contributed by atoms with van der Waals surface area (Å²) < 4.78 is 0. The minimum absolute atomic E-state index is 0.253. The van der Waals surface area contributed by atoms with Gasteiger partial charge in [-0.1, -0.05) is 19.4 Å². The molecule has 1 aromatic heterocycles. The second kappa shape index (κ2) is 5.83. The Kier molecular flexibility index (Phi) is 4.16. The van der Waals surface area contributed by atoms with Crippen LogP contribution in [0.4, 0.5) is 0 Å². The topological polar surface area (TPSA) is 65.8 Å². The van der Waals surface area contributed by atoms with E-state index >= 15 is 0 Å². The zero-order valence-corrected chi connectivity index (χ0v) is 11.2. The lowest BCUT2D eigenvalue weighted by molar-refractivity contribution is 0.0886. The van der Waals surface area contributed by atoms with Crippen molar-refractivity contribution in [1.29, 1.82) is 5.26 Å². The van der Waals surface area contributed by atoms with Gasteiger partial charge in [-0.2, -0.15) is 5.26 Å². The Labute approximate surface area is 113 Å². The predicted molar refractivity (Wildman–Crippen MR) is 72.3 cm³/mol. The first-order valence-corrected chi connectivity index (χ1v) is 6.84. The molecule has 0 spiro atoms. The molecular formula is C15H19N3O. The maximum atomic E-state index is 12.1. The summed E-state index contributed by atoms with van der Waals surface area (Å²) in [5.41, 5.74) is -0.338. The molecule has 0 aliphatic heterocycles. The first-order chi connectivity index (χ1) is 9.19. The van der Waals surface area contributed by atoms with Crippen molar-refractivity contribution in [3.8, 4) is 6.07 Å². The van der Waals surface area contributed by atoms with Crippen LogP contribution in [0.3, 0.4) is 0 Å². The molecule has 0 unspecified atom stereocenters. The quantitative estimate of drug-likeness (QED) is 0.905. The monoisotopic (exact) mass is 257 g/mol. The summed E-state index contributed by atoms with van der Waals surface area (Å²) in [4.78, 5) is 16.1. The van der Waals surface area contributed by atoms with Crippen molar-refractivity contribution in [2.45, 2.75) is 44.6 Å². The molecule has 1 aliphatic rings. The summed E-state index contributed by atoms with van der Waals surface area (Å²) in [5.74, 6) is 0.435. The maximum absolute atomic E-state index is 12.1. The zero-order valence-electron chi connectivity index (χ0n) is 11.2. The molecule has 4 heteroatoms. The van der Waals surface area contributed by atoms with Crippen molar-refractivity contribution in [2.75, 3.05) is 0 Å². The Morgan fingerprint density at radius 3 is 2.79 bits per heavy atom. The van der Waals surface area contributed by atoms with Crippen LogP contribution in [0.25, 0.3) is 0 Å². The van der Waals surface area contributed by atoms with Gasteiger partial charge in [-0.05, 0) is 43.7 Å². The second-order valence-electron chi connectivity index (χ2n) is 5.21. The number of nitrogens with one attached hydrogen (secondary N) is 1. The largest absolute Gasteiger partial charge is 0.332 e. The molecule has 4 nitrogen and oxygen atoms in total. The van der Waals surface area contributed by atoms with Crippen molar-refractivity contribution in [1.82, 2.24) is 10.3 Å². The lowest BCUT2D eigenvalue weighted by Gasteiger charge is -2.35. The fourth-order valence-corrected chi connectivity index (χ4v) is 2.62. The van der Waals surface area contributed by atoms with Crippen LogP contribution in [-0.2, 0) is 0 Å². The average molecular weight is 257 g/mol. The van der Waals surface area contributed by atoms with Crippen LogP contribution in [0, 0.1) is 17.2 Å². The smallest absolute Gasteiger partial charge is 0.271 e. The number of amides is 1. The van der Waals surface area contributed by atoms with Crippen LogP contribution >= 0.6 is 0 Å². The molecule has 1 aromatic rings. The Hall–Kier alpha value is -1.89. The molecule has 0 bridgehead atoms. The van der Waals surface area contributed by atoms with Crippen LogP contribution in [0.2, 0.25) is 0 Å². The molecule has 0 aromatic carbocycles. The number of nitrogens with zero attached hydrogens (tertiary/aromatic N) is 2. The Morgan fingerprint density at radius 2 is 2.26 bits per heavy atom. The van der Waals surface area contributed by atoms with Crippen LogP contribution in [0.5, 0.6) is 0 Å². The van der Waals surface area contributed by atoms with Gasteiger partial charge in [-0.3, -0.25) is 9.78 Å². The average Bonchev–Trinajstić information content (AvgIpc) is 2.49. The van der Waals surface area contributed by atoms with Gasteiger partial charge in [0.25, 0.3) is 5.91 Å². The third-order valence-corrected chi connectivity index (χ3v) is 4.00. The molecule has 1 aliphatic carbocycles. The third kappa shape index (κ3) is 3.11. The van der Waals surface area contributed by atoms with Gasteiger partial charge in [0.2, 0.25) is 0 Å². The molecule has 0 radical (unpaired) electrons. The van der Waals surface area contributed by atoms with E-state index in [2.05, 4.69) is 23.3 Å². The Morgan fingerprint density at radius 1 is 1.53 bits per heavy atom. The van der Waals surface area contributed by atoms with Gasteiger partial charge in [0.05, 0.1) is 6.07 Å². The van der Waals surface area contributed by atoms with Crippen molar-refractivity contribution in [3.63, 3.8) is 0 Å². The number of rotatable bonds is 3. The summed E-state index contributed by atoms with van der Waals surface area (Å²) in [6, 6.07) is 7.51. The fraction of sp³-hybridized carbons (Fsp3) is 0.533. The summed E-state index contributed by atoms with van der Waals surface area (Å²) in [6.45, 7) is 2.18. The minimum Gasteiger partial charge on any atom is -0.332 e. The fourth-order valence-electron chi connectivity index (χ4n) is 2.62. The highest BCUT2D eigenvalue weighted by Crippen LogP contribution is 2.33. The molecule has 1 heterocycles. The summed E-state index contributed by atoms with van der Waals surface area (Å²) in [5, 5.41) is 12.3. The summed E-state index contributed by atoms with van der Waals surface area (Å²) in [6.07, 6.45) is 6.22. The maximum Gasteiger partial charge on any atom is 0.271 e. The van der Waals surface area contributed by atoms with E-state index in [-0.39, 0.29) is 5.91 Å². The van der Waals surface area contributed by atoms with Crippen LogP contribution in [0.1, 0.15) is 49.5 Å². The third-order valence-electron chi connectivity index (χ3n) is 4.00. The van der Waals surface area contributed by atoms with Gasteiger partial charge in [0.1, 0.15) is 11.2 Å². The molecule has 1 fully saturated rings. The van der Waals surface area contributed by atoms with Gasteiger partial charge >= 0.3 is 0 Å². The van der Waals surface area contributed by atoms with E-state index in [9.17, 15) is 10.1 Å². The highest BCUT2D eigenvalue weighted by molar-refractivity contribution is 5.93. The molecule has 0 atom stereocenters. The van der Waals surface area contributed by atoms with Crippen molar-refractivity contribution in [2.24, 2.45) is 5.92 Å². The number of hydrogen-bond acceptors (Lipinski definition) is 3. The molecule has 19 heavy (non-hydrogen) atoms. The minimum atomic E-state index is -0.708. The number of carbonyl (C=O) groups excluding carboxylic acids is 1. The highest BCUT2D eigenvalue weighted by Gasteiger charge is 2.36. The second-order valence-corrected chi connectivity index (χ2v) is 5.21. The Bertz CT molecular complexity index is 470. The van der Waals surface area contributed by atoms with E-state index in [4.69, 9.17) is 0 Å². The van der Waals surface area contributed by atoms with Gasteiger partial charge in [-0.15, -0.1) is 0 Å². The van der Waals surface area contributed by atoms with E-state index in [1.807, 2.05) is 0 Å². The molecule has 1 N–H and O–H groups in total. The molecule has 1 amide bonds. The summed E-state index contributed by atoms with van der Waals surface area (Å²) in [7, 11) is 0. The molecule has 0 saturated heterocycles. The van der Waals surface area contributed by atoms with Crippen LogP contribution in [-0.4, -0.2) is 16.4 Å². The number of hydrogen-bond donors (Lipinski definition) is 1. The van der Waals surface area contributed by atoms with Crippen LogP contribution in [0.15, 0.2) is 24.4 Å². The van der Waals surface area contributed by atoms with Gasteiger partial charge in [0.15, 0.2) is 0 Å². The molecule has 1 saturated carbocycles. The summed E-state index contributed by atoms with van der Waals surface area (Å²) >= 11 is 0. The van der Waals surface area contributed by atoms with Crippen molar-refractivity contribution in [3.05, 3.63) is 30.1 Å². The van der Waals surface area contributed by atoms with Gasteiger partial charge in [0, 0.05) is 6.20 Å². The molecular weight excluding hydrogens is 238 g/mol. The van der Waals surface area contributed by atoms with E-state index in [0.717, 1.165) is 32.1 Å². The predicted octanol–water partition coefficient (Wildman–Crippen LogP) is 2.67. The zero-order chi connectivity index (χ0) is 13.7. The van der Waals surface area contributed by atoms with Crippen molar-refractivity contribution < 1.29 is 4.79 Å². The van der Waals surface area contributed by atoms with Gasteiger partial charge in [-0.25, -0.2) is 0 Å². The normalized spacial score (nSPS) is 26.4. The van der Waals surface area contributed by atoms with Crippen LogP contribution < -0.4 is 5.32 Å². The highest BCUT2D eigenvalue weighted by atomic mass is 16.2. The number of nitriles is 1. The van der Waals surface area contributed by atoms with Gasteiger partial charge < -0.3 is 5.32 Å². The first-order valence-electron chi connectivity index (χ1n) is 6.84. The number of pyridine rings is 1. The number of aromatic nitrogens is 1. The Balaban J connectivity index is 2.04. The standard InChI is InChI=1S/C15H19N3O/c1-2-12-6-8-15(11-16,9-7-12)18-14(19)13-5-3-4-10-17-13/h3-5,10,12H,2,6-9H2,1H3,(H,18,19).